The Balaban J connectivity index is 2.70. The first kappa shape index (κ1) is 13.4. The second-order valence-corrected chi connectivity index (χ2v) is 3.73. The van der Waals surface area contributed by atoms with Gasteiger partial charge in [-0.2, -0.15) is 8.78 Å². The third-order valence-corrected chi connectivity index (χ3v) is 2.47. The molecule has 0 amide bonds. The summed E-state index contributed by atoms with van der Waals surface area (Å²) in [4.78, 5) is 6.70. The predicted molar refractivity (Wildman–Crippen MR) is 58.9 cm³/mol. The molecule has 1 aromatic carbocycles. The van der Waals surface area contributed by atoms with Crippen LogP contribution in [0.15, 0.2) is 18.2 Å². The summed E-state index contributed by atoms with van der Waals surface area (Å²) in [5.74, 6) is -6.51. The third-order valence-electron chi connectivity index (χ3n) is 2.47. The van der Waals surface area contributed by atoms with Crippen LogP contribution in [0, 0.1) is 5.82 Å². The highest BCUT2D eigenvalue weighted by Gasteiger charge is 2.46. The van der Waals surface area contributed by atoms with Crippen LogP contribution in [0.4, 0.5) is 27.8 Å². The lowest BCUT2D eigenvalue weighted by Gasteiger charge is -2.15. The van der Waals surface area contributed by atoms with Gasteiger partial charge in [-0.3, -0.25) is 0 Å². The topological polar surface area (TPSA) is 37.8 Å². The fraction of sp³-hybridized carbons (Fsp3) is 0.273. The van der Waals surface area contributed by atoms with Crippen molar-refractivity contribution in [2.75, 3.05) is 12.4 Å². The molecule has 19 heavy (non-hydrogen) atoms. The van der Waals surface area contributed by atoms with Gasteiger partial charge >= 0.3 is 12.3 Å². The zero-order valence-electron chi connectivity index (χ0n) is 9.59. The van der Waals surface area contributed by atoms with E-state index in [-0.39, 0.29) is 16.7 Å². The van der Waals surface area contributed by atoms with E-state index in [1.54, 1.807) is 0 Å². The summed E-state index contributed by atoms with van der Waals surface area (Å²) >= 11 is 0. The summed E-state index contributed by atoms with van der Waals surface area (Å²) in [5, 5.41) is 2.59. The van der Waals surface area contributed by atoms with Gasteiger partial charge in [-0.15, -0.1) is 0 Å². The Bertz CT molecular complexity index is 615. The molecule has 3 nitrogen and oxygen atoms in total. The molecule has 0 radical (unpaired) electrons. The summed E-state index contributed by atoms with van der Waals surface area (Å²) in [6.07, 6.45) is -3.92. The molecule has 102 valence electrons. The summed E-state index contributed by atoms with van der Waals surface area (Å²) in [5.41, 5.74) is -0.0453. The number of rotatable bonds is 3. The Labute approximate surface area is 104 Å². The highest BCUT2D eigenvalue weighted by atomic mass is 19.3. The molecule has 0 saturated carbocycles. The van der Waals surface area contributed by atoms with Crippen molar-refractivity contribution in [3.8, 4) is 0 Å². The largest absolute Gasteiger partial charge is 0.373 e. The highest BCUT2D eigenvalue weighted by molar-refractivity contribution is 5.89. The third kappa shape index (κ3) is 2.29. The maximum Gasteiger partial charge on any atom is 0.365 e. The summed E-state index contributed by atoms with van der Waals surface area (Å²) in [7, 11) is 1.36. The average Bonchev–Trinajstić information content (AvgIpc) is 2.37. The Morgan fingerprint density at radius 3 is 2.47 bits per heavy atom. The minimum atomic E-state index is -4.46. The van der Waals surface area contributed by atoms with E-state index in [1.165, 1.54) is 7.05 Å². The number of hydrogen-bond acceptors (Lipinski definition) is 3. The van der Waals surface area contributed by atoms with Crippen molar-refractivity contribution in [1.82, 2.24) is 9.97 Å². The van der Waals surface area contributed by atoms with Crippen molar-refractivity contribution in [3.63, 3.8) is 0 Å². The molecule has 2 rings (SSSR count). The molecule has 1 N–H and O–H groups in total. The standard InChI is InChI=1S/C11H8F5N3/c1-17-8-6-4-5(12)2-3-7(6)18-10(19-8)11(15,16)9(13)14/h2-4,9H,1H3,(H,17,18,19). The first-order valence-corrected chi connectivity index (χ1v) is 5.17. The molecule has 0 aliphatic heterocycles. The minimum absolute atomic E-state index is 0.0453. The number of benzene rings is 1. The van der Waals surface area contributed by atoms with Gasteiger partial charge in [0, 0.05) is 12.4 Å². The molecule has 0 fully saturated rings. The van der Waals surface area contributed by atoms with Crippen LogP contribution >= 0.6 is 0 Å². The Kier molecular flexibility index (Phi) is 3.25. The highest BCUT2D eigenvalue weighted by Crippen LogP contribution is 2.34. The van der Waals surface area contributed by atoms with E-state index < -0.39 is 24.0 Å². The molecule has 8 heteroatoms. The van der Waals surface area contributed by atoms with Crippen molar-refractivity contribution in [3.05, 3.63) is 29.8 Å². The van der Waals surface area contributed by atoms with Crippen molar-refractivity contribution in [2.24, 2.45) is 0 Å². The summed E-state index contributed by atoms with van der Waals surface area (Å²) in [6, 6.07) is 3.16. The van der Waals surface area contributed by atoms with Crippen LogP contribution in [0.1, 0.15) is 5.82 Å². The van der Waals surface area contributed by atoms with Crippen molar-refractivity contribution in [2.45, 2.75) is 12.3 Å². The van der Waals surface area contributed by atoms with Crippen LogP contribution in [0.3, 0.4) is 0 Å². The van der Waals surface area contributed by atoms with Gasteiger partial charge in [0.05, 0.1) is 5.52 Å². The molecule has 0 aliphatic rings. The predicted octanol–water partition coefficient (Wildman–Crippen LogP) is 3.17. The van der Waals surface area contributed by atoms with E-state index in [0.717, 1.165) is 18.2 Å². The molecule has 0 aliphatic carbocycles. The number of halogens is 5. The number of alkyl halides is 4. The number of anilines is 1. The van der Waals surface area contributed by atoms with E-state index in [1.807, 2.05) is 0 Å². The molecule has 0 bridgehead atoms. The second kappa shape index (κ2) is 4.60. The first-order valence-electron chi connectivity index (χ1n) is 5.17. The smallest absolute Gasteiger partial charge is 0.365 e. The van der Waals surface area contributed by atoms with Crippen LogP contribution in [0.25, 0.3) is 10.9 Å². The SMILES string of the molecule is CNc1nc(C(F)(F)C(F)F)nc2ccc(F)cc12. The molecular weight excluding hydrogens is 269 g/mol. The second-order valence-electron chi connectivity index (χ2n) is 3.73. The fourth-order valence-corrected chi connectivity index (χ4v) is 1.54. The Morgan fingerprint density at radius 1 is 1.21 bits per heavy atom. The van der Waals surface area contributed by atoms with Crippen LogP contribution in [-0.4, -0.2) is 23.4 Å². The van der Waals surface area contributed by atoms with Crippen LogP contribution in [0.5, 0.6) is 0 Å². The molecule has 1 heterocycles. The monoisotopic (exact) mass is 277 g/mol. The van der Waals surface area contributed by atoms with Crippen molar-refractivity contribution in [1.29, 1.82) is 0 Å². The van der Waals surface area contributed by atoms with E-state index in [0.29, 0.717) is 0 Å². The molecule has 0 atom stereocenters. The Hall–Kier alpha value is -1.99. The van der Waals surface area contributed by atoms with E-state index in [9.17, 15) is 22.0 Å². The zero-order chi connectivity index (χ0) is 14.2. The minimum Gasteiger partial charge on any atom is -0.373 e. The quantitative estimate of drug-likeness (QED) is 0.876. The first-order chi connectivity index (χ1) is 8.86. The number of nitrogens with zero attached hydrogens (tertiary/aromatic N) is 2. The lowest BCUT2D eigenvalue weighted by atomic mass is 10.2. The average molecular weight is 277 g/mol. The maximum atomic E-state index is 13.2. The van der Waals surface area contributed by atoms with Crippen LogP contribution < -0.4 is 5.32 Å². The normalized spacial score (nSPS) is 12.2. The zero-order valence-corrected chi connectivity index (χ0v) is 9.59. The van der Waals surface area contributed by atoms with Gasteiger partial charge in [0.2, 0.25) is 5.82 Å². The lowest BCUT2D eigenvalue weighted by molar-refractivity contribution is -0.140. The summed E-state index contributed by atoms with van der Waals surface area (Å²) in [6.45, 7) is 0. The molecule has 2 aromatic rings. The number of fused-ring (bicyclic) bond motifs is 1. The van der Waals surface area contributed by atoms with Gasteiger partial charge in [-0.05, 0) is 18.2 Å². The number of aromatic nitrogens is 2. The van der Waals surface area contributed by atoms with Crippen molar-refractivity contribution >= 4 is 16.7 Å². The molecule has 0 saturated heterocycles. The van der Waals surface area contributed by atoms with Gasteiger partial charge in [0.1, 0.15) is 11.6 Å². The maximum absolute atomic E-state index is 13.2. The molecular formula is C11H8F5N3. The Morgan fingerprint density at radius 2 is 1.89 bits per heavy atom. The van der Waals surface area contributed by atoms with Crippen molar-refractivity contribution < 1.29 is 22.0 Å². The molecule has 0 unspecified atom stereocenters. The van der Waals surface area contributed by atoms with Crippen LogP contribution in [-0.2, 0) is 5.92 Å². The van der Waals surface area contributed by atoms with Gasteiger partial charge < -0.3 is 5.32 Å². The van der Waals surface area contributed by atoms with Gasteiger partial charge in [-0.25, -0.2) is 23.1 Å². The van der Waals surface area contributed by atoms with Gasteiger partial charge in [-0.1, -0.05) is 0 Å². The van der Waals surface area contributed by atoms with Crippen LogP contribution in [0.2, 0.25) is 0 Å². The molecule has 1 aromatic heterocycles. The van der Waals surface area contributed by atoms with E-state index in [2.05, 4.69) is 15.3 Å². The summed E-state index contributed by atoms with van der Waals surface area (Å²) < 4.78 is 64.1. The van der Waals surface area contributed by atoms with E-state index >= 15 is 0 Å². The number of hydrogen-bond donors (Lipinski definition) is 1. The lowest BCUT2D eigenvalue weighted by Crippen LogP contribution is -2.26. The molecule has 0 spiro atoms. The van der Waals surface area contributed by atoms with Gasteiger partial charge in [0.15, 0.2) is 0 Å². The number of nitrogens with one attached hydrogen (secondary N) is 1. The fourth-order valence-electron chi connectivity index (χ4n) is 1.54. The van der Waals surface area contributed by atoms with E-state index in [4.69, 9.17) is 0 Å². The van der Waals surface area contributed by atoms with Gasteiger partial charge in [0.25, 0.3) is 0 Å².